The summed E-state index contributed by atoms with van der Waals surface area (Å²) in [5.41, 5.74) is 0.591. The first-order chi connectivity index (χ1) is 9.81. The number of halogens is 1. The lowest BCUT2D eigenvalue weighted by Crippen LogP contribution is -2.36. The number of ether oxygens (including phenoxy) is 2. The zero-order chi connectivity index (χ0) is 15.6. The minimum atomic E-state index is -0.476. The Hall–Kier alpha value is -1.23. The van der Waals surface area contributed by atoms with E-state index in [0.29, 0.717) is 0 Å². The van der Waals surface area contributed by atoms with Crippen molar-refractivity contribution in [2.45, 2.75) is 45.3 Å². The van der Waals surface area contributed by atoms with E-state index in [0.717, 1.165) is 35.2 Å². The van der Waals surface area contributed by atoms with Crippen LogP contribution in [0.15, 0.2) is 22.7 Å². The second kappa shape index (κ2) is 6.26. The maximum atomic E-state index is 12.4. The highest BCUT2D eigenvalue weighted by Crippen LogP contribution is 2.38. The van der Waals surface area contributed by atoms with Crippen molar-refractivity contribution in [2.75, 3.05) is 13.7 Å². The summed E-state index contributed by atoms with van der Waals surface area (Å²) in [6.07, 6.45) is 1.66. The number of carbonyl (C=O) groups excluding carboxylic acids is 1. The monoisotopic (exact) mass is 355 g/mol. The fourth-order valence-corrected chi connectivity index (χ4v) is 3.04. The van der Waals surface area contributed by atoms with Crippen LogP contribution in [-0.4, -0.2) is 30.2 Å². The fourth-order valence-electron chi connectivity index (χ4n) is 2.53. The summed E-state index contributed by atoms with van der Waals surface area (Å²) >= 11 is 3.57. The van der Waals surface area contributed by atoms with Gasteiger partial charge in [-0.1, -0.05) is 15.9 Å². The van der Waals surface area contributed by atoms with Crippen LogP contribution in [0, 0.1) is 0 Å². The lowest BCUT2D eigenvalue weighted by Gasteiger charge is -2.29. The number of benzene rings is 1. The molecule has 5 heteroatoms. The maximum Gasteiger partial charge on any atom is 0.410 e. The van der Waals surface area contributed by atoms with Crippen LogP contribution in [0.3, 0.4) is 0 Å². The number of carbonyl (C=O) groups is 1. The Labute approximate surface area is 134 Å². The Bertz CT molecular complexity index is 525. The van der Waals surface area contributed by atoms with E-state index in [1.54, 1.807) is 7.11 Å². The third-order valence-electron chi connectivity index (χ3n) is 3.44. The molecule has 1 atom stereocenters. The van der Waals surface area contributed by atoms with Gasteiger partial charge in [-0.3, -0.25) is 0 Å². The van der Waals surface area contributed by atoms with Gasteiger partial charge in [0.05, 0.1) is 13.2 Å². The van der Waals surface area contributed by atoms with Crippen molar-refractivity contribution in [1.82, 2.24) is 4.90 Å². The van der Waals surface area contributed by atoms with Crippen molar-refractivity contribution in [1.29, 1.82) is 0 Å². The Morgan fingerprint density at radius 1 is 1.38 bits per heavy atom. The first kappa shape index (κ1) is 16.1. The van der Waals surface area contributed by atoms with Gasteiger partial charge in [0, 0.05) is 11.0 Å². The molecule has 0 N–H and O–H groups in total. The van der Waals surface area contributed by atoms with Gasteiger partial charge in [-0.2, -0.15) is 0 Å². The summed E-state index contributed by atoms with van der Waals surface area (Å²) in [5, 5.41) is 0. The Kier molecular flexibility index (Phi) is 4.81. The van der Waals surface area contributed by atoms with Crippen molar-refractivity contribution < 1.29 is 14.3 Å². The molecule has 1 saturated heterocycles. The zero-order valence-corrected chi connectivity index (χ0v) is 14.6. The summed E-state index contributed by atoms with van der Waals surface area (Å²) in [4.78, 5) is 14.2. The van der Waals surface area contributed by atoms with E-state index in [-0.39, 0.29) is 12.1 Å². The molecule has 0 bridgehead atoms. The second-order valence-corrected chi connectivity index (χ2v) is 7.07. The number of nitrogens with zero attached hydrogens (tertiary/aromatic N) is 1. The van der Waals surface area contributed by atoms with Crippen LogP contribution in [0.4, 0.5) is 4.79 Å². The smallest absolute Gasteiger partial charge is 0.410 e. The number of methoxy groups -OCH3 is 1. The van der Waals surface area contributed by atoms with E-state index in [9.17, 15) is 4.79 Å². The van der Waals surface area contributed by atoms with Gasteiger partial charge in [0.1, 0.15) is 11.4 Å². The molecule has 1 aromatic carbocycles. The standard InChI is InChI=1S/C16H22BrNO3/c1-16(2,3)21-15(19)18-9-5-6-14(18)12-10-11(20-4)7-8-13(12)17/h7-8,10,14H,5-6,9H2,1-4H3. The highest BCUT2D eigenvalue weighted by Gasteiger charge is 2.34. The third kappa shape index (κ3) is 3.90. The average molecular weight is 356 g/mol. The van der Waals surface area contributed by atoms with Crippen LogP contribution >= 0.6 is 15.9 Å². The minimum absolute atomic E-state index is 0.0318. The van der Waals surface area contributed by atoms with Crippen LogP contribution in [0.1, 0.15) is 45.2 Å². The van der Waals surface area contributed by atoms with Gasteiger partial charge >= 0.3 is 6.09 Å². The summed E-state index contributed by atoms with van der Waals surface area (Å²) in [5.74, 6) is 0.796. The Balaban J connectivity index is 2.24. The van der Waals surface area contributed by atoms with E-state index < -0.39 is 5.60 Å². The van der Waals surface area contributed by atoms with Gasteiger partial charge in [0.25, 0.3) is 0 Å². The van der Waals surface area contributed by atoms with E-state index >= 15 is 0 Å². The molecule has 4 nitrogen and oxygen atoms in total. The highest BCUT2D eigenvalue weighted by molar-refractivity contribution is 9.10. The summed E-state index contributed by atoms with van der Waals surface area (Å²) in [6.45, 7) is 6.38. The normalized spacial score (nSPS) is 18.7. The van der Waals surface area contributed by atoms with Gasteiger partial charge in [0.2, 0.25) is 0 Å². The number of hydrogen-bond donors (Lipinski definition) is 0. The fraction of sp³-hybridized carbons (Fsp3) is 0.562. The lowest BCUT2D eigenvalue weighted by atomic mass is 10.0. The predicted octanol–water partition coefficient (Wildman–Crippen LogP) is 4.53. The average Bonchev–Trinajstić information content (AvgIpc) is 2.86. The molecule has 0 aliphatic carbocycles. The molecule has 2 rings (SSSR count). The molecule has 1 unspecified atom stereocenters. The molecule has 1 amide bonds. The predicted molar refractivity (Wildman–Crippen MR) is 85.6 cm³/mol. The third-order valence-corrected chi connectivity index (χ3v) is 4.17. The quantitative estimate of drug-likeness (QED) is 0.782. The van der Waals surface area contributed by atoms with E-state index in [1.165, 1.54) is 0 Å². The molecule has 0 aromatic heterocycles. The molecule has 1 heterocycles. The molecule has 116 valence electrons. The van der Waals surface area contributed by atoms with Crippen LogP contribution < -0.4 is 4.74 Å². The Morgan fingerprint density at radius 3 is 2.71 bits per heavy atom. The van der Waals surface area contributed by atoms with Gasteiger partial charge in [0.15, 0.2) is 0 Å². The molecule has 21 heavy (non-hydrogen) atoms. The van der Waals surface area contributed by atoms with Gasteiger partial charge in [-0.15, -0.1) is 0 Å². The lowest BCUT2D eigenvalue weighted by molar-refractivity contribution is 0.0224. The topological polar surface area (TPSA) is 38.8 Å². The molecule has 1 aliphatic heterocycles. The highest BCUT2D eigenvalue weighted by atomic mass is 79.9. The number of rotatable bonds is 2. The first-order valence-electron chi connectivity index (χ1n) is 7.15. The molecular weight excluding hydrogens is 334 g/mol. The maximum absolute atomic E-state index is 12.4. The number of hydrogen-bond acceptors (Lipinski definition) is 3. The first-order valence-corrected chi connectivity index (χ1v) is 7.94. The van der Waals surface area contributed by atoms with Crippen molar-refractivity contribution in [3.05, 3.63) is 28.2 Å². The van der Waals surface area contributed by atoms with Crippen molar-refractivity contribution >= 4 is 22.0 Å². The molecule has 1 aromatic rings. The van der Waals surface area contributed by atoms with Crippen molar-refractivity contribution in [2.24, 2.45) is 0 Å². The molecule has 0 spiro atoms. The van der Waals surface area contributed by atoms with Gasteiger partial charge < -0.3 is 14.4 Å². The molecular formula is C16H22BrNO3. The summed E-state index contributed by atoms with van der Waals surface area (Å²) in [6, 6.07) is 5.88. The molecule has 0 radical (unpaired) electrons. The SMILES string of the molecule is COc1ccc(Br)c(C2CCCN2C(=O)OC(C)(C)C)c1. The zero-order valence-electron chi connectivity index (χ0n) is 13.0. The van der Waals surface area contributed by atoms with Crippen LogP contribution in [0.2, 0.25) is 0 Å². The van der Waals surface area contributed by atoms with Gasteiger partial charge in [-0.05, 0) is 57.4 Å². The van der Waals surface area contributed by atoms with E-state index in [4.69, 9.17) is 9.47 Å². The van der Waals surface area contributed by atoms with Crippen LogP contribution in [0.25, 0.3) is 0 Å². The molecule has 0 saturated carbocycles. The largest absolute Gasteiger partial charge is 0.497 e. The second-order valence-electron chi connectivity index (χ2n) is 6.22. The Morgan fingerprint density at radius 2 is 2.10 bits per heavy atom. The van der Waals surface area contributed by atoms with Gasteiger partial charge in [-0.25, -0.2) is 4.79 Å². The van der Waals surface area contributed by atoms with Crippen molar-refractivity contribution in [3.63, 3.8) is 0 Å². The van der Waals surface area contributed by atoms with Crippen LogP contribution in [0.5, 0.6) is 5.75 Å². The summed E-state index contributed by atoms with van der Waals surface area (Å²) < 4.78 is 11.8. The summed E-state index contributed by atoms with van der Waals surface area (Å²) in [7, 11) is 1.65. The van der Waals surface area contributed by atoms with E-state index in [2.05, 4.69) is 15.9 Å². The van der Waals surface area contributed by atoms with Crippen LogP contribution in [-0.2, 0) is 4.74 Å². The van der Waals surface area contributed by atoms with E-state index in [1.807, 2.05) is 43.9 Å². The van der Waals surface area contributed by atoms with Crippen molar-refractivity contribution in [3.8, 4) is 5.75 Å². The molecule has 1 aliphatic rings. The minimum Gasteiger partial charge on any atom is -0.497 e. The number of likely N-dealkylation sites (tertiary alicyclic amines) is 1. The molecule has 1 fully saturated rings. The number of amides is 1.